The van der Waals surface area contributed by atoms with Gasteiger partial charge in [-0.3, -0.25) is 4.68 Å². The molecule has 5 nitrogen and oxygen atoms in total. The van der Waals surface area contributed by atoms with Crippen molar-refractivity contribution >= 4 is 0 Å². The van der Waals surface area contributed by atoms with Crippen molar-refractivity contribution in [2.24, 2.45) is 0 Å². The maximum absolute atomic E-state index is 12.2. The van der Waals surface area contributed by atoms with Crippen LogP contribution in [0.15, 0.2) is 30.5 Å². The van der Waals surface area contributed by atoms with Crippen LogP contribution in [0.5, 0.6) is 11.6 Å². The topological polar surface area (TPSA) is 50.5 Å². The fourth-order valence-electron chi connectivity index (χ4n) is 2.99. The number of aromatic nitrogens is 2. The summed E-state index contributed by atoms with van der Waals surface area (Å²) >= 11 is 0. The van der Waals surface area contributed by atoms with Crippen molar-refractivity contribution in [1.29, 1.82) is 0 Å². The molecule has 0 radical (unpaired) electrons. The first-order valence-electron chi connectivity index (χ1n) is 8.26. The zero-order chi connectivity index (χ0) is 17.9. The molecule has 0 spiro atoms. The minimum atomic E-state index is -4.72. The van der Waals surface area contributed by atoms with E-state index >= 15 is 0 Å². The molecule has 0 atom stereocenters. The molecule has 3 rings (SSSR count). The van der Waals surface area contributed by atoms with Gasteiger partial charge in [-0.25, -0.2) is 0 Å². The number of ether oxygens (including phenoxy) is 1. The Morgan fingerprint density at radius 3 is 2.36 bits per heavy atom. The lowest BCUT2D eigenvalue weighted by Crippen LogP contribution is -2.32. The molecule has 25 heavy (non-hydrogen) atoms. The lowest BCUT2D eigenvalue weighted by Gasteiger charge is -2.26. The third kappa shape index (κ3) is 4.88. The standard InChI is InChI=1S/C17H20F3N3O2/c18-17(19,20)25-14-6-4-13(5-7-14)15-12-23(21-16(15)24)11-10-22-8-2-1-3-9-22/h4-7,12H,1-3,8-11H2,(H,21,24). The van der Waals surface area contributed by atoms with Crippen LogP contribution in [0.3, 0.4) is 0 Å². The van der Waals surface area contributed by atoms with Gasteiger partial charge in [0.2, 0.25) is 5.88 Å². The number of likely N-dealkylation sites (tertiary alicyclic amines) is 1. The van der Waals surface area contributed by atoms with E-state index in [4.69, 9.17) is 0 Å². The van der Waals surface area contributed by atoms with Crippen molar-refractivity contribution in [3.05, 3.63) is 30.5 Å². The number of hydrogen-bond donors (Lipinski definition) is 1. The second kappa shape index (κ2) is 7.35. The van der Waals surface area contributed by atoms with E-state index in [9.17, 15) is 18.3 Å². The quantitative estimate of drug-likeness (QED) is 0.890. The van der Waals surface area contributed by atoms with Crippen LogP contribution in [0, 0.1) is 0 Å². The second-order valence-corrected chi connectivity index (χ2v) is 6.10. The smallest absolute Gasteiger partial charge is 0.492 e. The van der Waals surface area contributed by atoms with E-state index < -0.39 is 6.36 Å². The number of alkyl halides is 3. The van der Waals surface area contributed by atoms with Gasteiger partial charge in [0.25, 0.3) is 0 Å². The fraction of sp³-hybridized carbons (Fsp3) is 0.471. The fourth-order valence-corrected chi connectivity index (χ4v) is 2.99. The van der Waals surface area contributed by atoms with E-state index in [1.807, 2.05) is 0 Å². The minimum absolute atomic E-state index is 0.136. The average Bonchev–Trinajstić information content (AvgIpc) is 2.94. The van der Waals surface area contributed by atoms with Crippen LogP contribution in [0.1, 0.15) is 19.3 Å². The Morgan fingerprint density at radius 1 is 1.04 bits per heavy atom. The molecule has 0 bridgehead atoms. The molecule has 1 saturated heterocycles. The molecule has 8 heteroatoms. The molecule has 0 unspecified atom stereocenters. The van der Waals surface area contributed by atoms with Crippen molar-refractivity contribution in [3.8, 4) is 22.8 Å². The summed E-state index contributed by atoms with van der Waals surface area (Å²) in [6.45, 7) is 3.68. The van der Waals surface area contributed by atoms with E-state index in [0.717, 1.165) is 19.6 Å². The Bertz CT molecular complexity index is 692. The van der Waals surface area contributed by atoms with Crippen LogP contribution in [0.2, 0.25) is 0 Å². The van der Waals surface area contributed by atoms with E-state index in [0.29, 0.717) is 17.7 Å². The predicted octanol–water partition coefficient (Wildman–Crippen LogP) is 3.64. The van der Waals surface area contributed by atoms with Crippen LogP contribution in [-0.2, 0) is 6.54 Å². The number of nitrogens with zero attached hydrogens (tertiary/aromatic N) is 3. The molecule has 0 amide bonds. The summed E-state index contributed by atoms with van der Waals surface area (Å²) in [6.07, 6.45) is 0.684. The SMILES string of the molecule is Oc1nn(CCN2CCCCC2)cc1-c1ccc(OC(F)(F)F)cc1. The van der Waals surface area contributed by atoms with Gasteiger partial charge in [0.1, 0.15) is 5.75 Å². The number of rotatable bonds is 5. The molecule has 1 aromatic heterocycles. The molecular weight excluding hydrogens is 335 g/mol. The van der Waals surface area contributed by atoms with Crippen LogP contribution in [0.25, 0.3) is 11.1 Å². The Morgan fingerprint density at radius 2 is 1.72 bits per heavy atom. The molecule has 2 aromatic rings. The largest absolute Gasteiger partial charge is 0.573 e. The predicted molar refractivity (Wildman–Crippen MR) is 86.3 cm³/mol. The van der Waals surface area contributed by atoms with Gasteiger partial charge in [0.05, 0.1) is 12.1 Å². The van der Waals surface area contributed by atoms with E-state index in [-0.39, 0.29) is 11.6 Å². The summed E-state index contributed by atoms with van der Waals surface area (Å²) in [5.74, 6) is -0.434. The highest BCUT2D eigenvalue weighted by Gasteiger charge is 2.31. The Labute approximate surface area is 143 Å². The summed E-state index contributed by atoms with van der Waals surface area (Å²) in [7, 11) is 0. The Hall–Kier alpha value is -2.22. The lowest BCUT2D eigenvalue weighted by molar-refractivity contribution is -0.274. The first kappa shape index (κ1) is 17.6. The van der Waals surface area contributed by atoms with Crippen LogP contribution in [-0.4, -0.2) is 45.8 Å². The van der Waals surface area contributed by atoms with E-state index in [1.54, 1.807) is 10.9 Å². The van der Waals surface area contributed by atoms with Gasteiger partial charge in [-0.15, -0.1) is 18.3 Å². The normalized spacial score (nSPS) is 16.1. The van der Waals surface area contributed by atoms with Gasteiger partial charge in [0.15, 0.2) is 0 Å². The highest BCUT2D eigenvalue weighted by atomic mass is 19.4. The zero-order valence-corrected chi connectivity index (χ0v) is 13.7. The van der Waals surface area contributed by atoms with Gasteiger partial charge < -0.3 is 14.7 Å². The second-order valence-electron chi connectivity index (χ2n) is 6.10. The summed E-state index contributed by atoms with van der Waals surface area (Å²) in [4.78, 5) is 2.37. The van der Waals surface area contributed by atoms with Crippen molar-refractivity contribution < 1.29 is 23.0 Å². The number of piperidine rings is 1. The molecule has 1 aliphatic rings. The van der Waals surface area contributed by atoms with Crippen molar-refractivity contribution in [1.82, 2.24) is 14.7 Å². The third-order valence-electron chi connectivity index (χ3n) is 4.24. The van der Waals surface area contributed by atoms with Crippen molar-refractivity contribution in [3.63, 3.8) is 0 Å². The Kier molecular flexibility index (Phi) is 5.17. The molecule has 136 valence electrons. The summed E-state index contributed by atoms with van der Waals surface area (Å²) in [5.41, 5.74) is 1.06. The third-order valence-corrected chi connectivity index (χ3v) is 4.24. The molecule has 1 aromatic carbocycles. The van der Waals surface area contributed by atoms with Crippen LogP contribution in [0.4, 0.5) is 13.2 Å². The van der Waals surface area contributed by atoms with Crippen LogP contribution < -0.4 is 4.74 Å². The minimum Gasteiger partial charge on any atom is -0.492 e. The van der Waals surface area contributed by atoms with Gasteiger partial charge in [-0.05, 0) is 43.6 Å². The van der Waals surface area contributed by atoms with Crippen LogP contribution >= 0.6 is 0 Å². The summed E-state index contributed by atoms with van der Waals surface area (Å²) in [5, 5.41) is 14.1. The summed E-state index contributed by atoms with van der Waals surface area (Å²) in [6, 6.07) is 5.36. The van der Waals surface area contributed by atoms with Gasteiger partial charge in [-0.1, -0.05) is 18.6 Å². The molecule has 1 N–H and O–H groups in total. The molecule has 2 heterocycles. The van der Waals surface area contributed by atoms with Gasteiger partial charge >= 0.3 is 6.36 Å². The molecule has 1 fully saturated rings. The number of hydrogen-bond acceptors (Lipinski definition) is 4. The van der Waals surface area contributed by atoms with Gasteiger partial charge in [-0.2, -0.15) is 0 Å². The average molecular weight is 355 g/mol. The van der Waals surface area contributed by atoms with E-state index in [2.05, 4.69) is 14.7 Å². The first-order valence-corrected chi connectivity index (χ1v) is 8.26. The monoisotopic (exact) mass is 355 g/mol. The zero-order valence-electron chi connectivity index (χ0n) is 13.7. The number of benzene rings is 1. The summed E-state index contributed by atoms with van der Waals surface area (Å²) < 4.78 is 42.1. The number of aromatic hydroxyl groups is 1. The molecule has 1 aliphatic heterocycles. The molecular formula is C17H20F3N3O2. The Balaban J connectivity index is 1.65. The maximum Gasteiger partial charge on any atom is 0.573 e. The highest BCUT2D eigenvalue weighted by Crippen LogP contribution is 2.30. The van der Waals surface area contributed by atoms with Crippen molar-refractivity contribution in [2.75, 3.05) is 19.6 Å². The molecule has 0 saturated carbocycles. The highest BCUT2D eigenvalue weighted by molar-refractivity contribution is 5.68. The van der Waals surface area contributed by atoms with Gasteiger partial charge in [0, 0.05) is 12.7 Å². The lowest BCUT2D eigenvalue weighted by atomic mass is 10.1. The van der Waals surface area contributed by atoms with Crippen molar-refractivity contribution in [2.45, 2.75) is 32.2 Å². The maximum atomic E-state index is 12.2. The first-order chi connectivity index (χ1) is 11.9. The number of halogens is 3. The van der Waals surface area contributed by atoms with E-state index in [1.165, 1.54) is 43.5 Å². The molecule has 0 aliphatic carbocycles.